The lowest BCUT2D eigenvalue weighted by Crippen LogP contribution is -2.44. The van der Waals surface area contributed by atoms with Crippen molar-refractivity contribution in [1.29, 1.82) is 0 Å². The number of aromatic nitrogens is 3. The maximum Gasteiger partial charge on any atom is 0.0771 e. The standard InChI is InChI=1S/C20H30N4O/c1-19(2,3)17-6-8-20(25,9-7-17)14-22-12-16-13-23-24-18(16)15-5-4-10-21-11-15/h4-5,10-11,13,17,22,25H,6-9,12,14H2,1-3H3,(H,23,24). The lowest BCUT2D eigenvalue weighted by atomic mass is 9.68. The summed E-state index contributed by atoms with van der Waals surface area (Å²) in [6.45, 7) is 8.23. The third-order valence-electron chi connectivity index (χ3n) is 5.58. The van der Waals surface area contributed by atoms with E-state index in [-0.39, 0.29) is 0 Å². The summed E-state index contributed by atoms with van der Waals surface area (Å²) in [4.78, 5) is 4.17. The van der Waals surface area contributed by atoms with Crippen LogP contribution in [0, 0.1) is 11.3 Å². The Morgan fingerprint density at radius 2 is 2.04 bits per heavy atom. The predicted molar refractivity (Wildman–Crippen MR) is 99.9 cm³/mol. The zero-order valence-corrected chi connectivity index (χ0v) is 15.5. The van der Waals surface area contributed by atoms with Crippen LogP contribution in [0.2, 0.25) is 0 Å². The number of aromatic amines is 1. The highest BCUT2D eigenvalue weighted by Crippen LogP contribution is 2.41. The summed E-state index contributed by atoms with van der Waals surface area (Å²) in [5, 5.41) is 21.5. The molecular weight excluding hydrogens is 312 g/mol. The number of pyridine rings is 1. The Labute approximate surface area is 150 Å². The minimum atomic E-state index is -0.583. The molecule has 0 saturated heterocycles. The van der Waals surface area contributed by atoms with Gasteiger partial charge in [-0.25, -0.2) is 0 Å². The molecule has 2 heterocycles. The Bertz CT molecular complexity index is 667. The van der Waals surface area contributed by atoms with Crippen LogP contribution in [0.5, 0.6) is 0 Å². The molecule has 0 aromatic carbocycles. The molecule has 1 fully saturated rings. The summed E-state index contributed by atoms with van der Waals surface area (Å²) in [6, 6.07) is 3.94. The van der Waals surface area contributed by atoms with Gasteiger partial charge in [-0.1, -0.05) is 20.8 Å². The summed E-state index contributed by atoms with van der Waals surface area (Å²) in [7, 11) is 0. The van der Waals surface area contributed by atoms with Crippen LogP contribution in [-0.2, 0) is 6.54 Å². The van der Waals surface area contributed by atoms with Crippen LogP contribution in [0.3, 0.4) is 0 Å². The van der Waals surface area contributed by atoms with Gasteiger partial charge in [0.25, 0.3) is 0 Å². The van der Waals surface area contributed by atoms with Crippen molar-refractivity contribution in [2.45, 2.75) is 58.6 Å². The van der Waals surface area contributed by atoms with Gasteiger partial charge in [0.15, 0.2) is 0 Å². The molecule has 3 rings (SSSR count). The molecule has 5 nitrogen and oxygen atoms in total. The van der Waals surface area contributed by atoms with Gasteiger partial charge in [0, 0.05) is 36.6 Å². The molecule has 136 valence electrons. The molecule has 1 aliphatic rings. The minimum Gasteiger partial charge on any atom is -0.389 e. The van der Waals surface area contributed by atoms with E-state index in [4.69, 9.17) is 0 Å². The molecule has 0 bridgehead atoms. The lowest BCUT2D eigenvalue weighted by Gasteiger charge is -2.41. The topological polar surface area (TPSA) is 73.8 Å². The first-order chi connectivity index (χ1) is 11.9. The molecule has 0 amide bonds. The van der Waals surface area contributed by atoms with Crippen molar-refractivity contribution >= 4 is 0 Å². The molecule has 3 N–H and O–H groups in total. The van der Waals surface area contributed by atoms with Gasteiger partial charge >= 0.3 is 0 Å². The van der Waals surface area contributed by atoms with Gasteiger partial charge in [-0.3, -0.25) is 10.1 Å². The van der Waals surface area contributed by atoms with Crippen molar-refractivity contribution in [2.75, 3.05) is 6.54 Å². The number of nitrogens with zero attached hydrogens (tertiary/aromatic N) is 2. The second-order valence-corrected chi connectivity index (χ2v) is 8.48. The van der Waals surface area contributed by atoms with E-state index in [2.05, 4.69) is 41.3 Å². The molecule has 0 atom stereocenters. The Balaban J connectivity index is 1.53. The molecule has 5 heteroatoms. The molecular formula is C20H30N4O. The fraction of sp³-hybridized carbons (Fsp3) is 0.600. The second-order valence-electron chi connectivity index (χ2n) is 8.48. The molecule has 2 aromatic rings. The first-order valence-corrected chi connectivity index (χ1v) is 9.23. The van der Waals surface area contributed by atoms with E-state index in [0.717, 1.165) is 42.5 Å². The van der Waals surface area contributed by atoms with Gasteiger partial charge in [-0.05, 0) is 49.1 Å². The van der Waals surface area contributed by atoms with E-state index in [9.17, 15) is 5.11 Å². The van der Waals surface area contributed by atoms with Gasteiger partial charge in [0.1, 0.15) is 0 Å². The Kier molecular flexibility index (Phi) is 5.25. The SMILES string of the molecule is CC(C)(C)C1CCC(O)(CNCc2cn[nH]c2-c2cccnc2)CC1. The smallest absolute Gasteiger partial charge is 0.0771 e. The van der Waals surface area contributed by atoms with Gasteiger partial charge < -0.3 is 10.4 Å². The van der Waals surface area contributed by atoms with Crippen LogP contribution in [-0.4, -0.2) is 32.4 Å². The van der Waals surface area contributed by atoms with Crippen LogP contribution >= 0.6 is 0 Å². The highest BCUT2D eigenvalue weighted by Gasteiger charge is 2.36. The number of hydrogen-bond acceptors (Lipinski definition) is 4. The average Bonchev–Trinajstić information content (AvgIpc) is 3.03. The number of H-pyrrole nitrogens is 1. The van der Waals surface area contributed by atoms with Crippen LogP contribution in [0.1, 0.15) is 52.0 Å². The van der Waals surface area contributed by atoms with Crippen molar-refractivity contribution in [3.05, 3.63) is 36.3 Å². The third kappa shape index (κ3) is 4.47. The maximum atomic E-state index is 10.9. The molecule has 1 aliphatic carbocycles. The maximum absolute atomic E-state index is 10.9. The van der Waals surface area contributed by atoms with E-state index >= 15 is 0 Å². The van der Waals surface area contributed by atoms with Crippen LogP contribution in [0.25, 0.3) is 11.3 Å². The number of hydrogen-bond donors (Lipinski definition) is 3. The first kappa shape index (κ1) is 18.1. The zero-order valence-electron chi connectivity index (χ0n) is 15.5. The number of rotatable bonds is 5. The van der Waals surface area contributed by atoms with Crippen LogP contribution in [0.15, 0.2) is 30.7 Å². The Morgan fingerprint density at radius 1 is 1.28 bits per heavy atom. The summed E-state index contributed by atoms with van der Waals surface area (Å²) >= 11 is 0. The predicted octanol–water partition coefficient (Wildman–Crippen LogP) is 3.53. The third-order valence-corrected chi connectivity index (χ3v) is 5.58. The quantitative estimate of drug-likeness (QED) is 0.777. The van der Waals surface area contributed by atoms with E-state index < -0.39 is 5.60 Å². The molecule has 25 heavy (non-hydrogen) atoms. The summed E-state index contributed by atoms with van der Waals surface area (Å²) < 4.78 is 0. The molecule has 0 aliphatic heterocycles. The first-order valence-electron chi connectivity index (χ1n) is 9.23. The highest BCUT2D eigenvalue weighted by molar-refractivity contribution is 5.61. The van der Waals surface area contributed by atoms with E-state index in [1.807, 2.05) is 24.5 Å². The monoisotopic (exact) mass is 342 g/mol. The molecule has 1 saturated carbocycles. The van der Waals surface area contributed by atoms with Crippen molar-refractivity contribution in [2.24, 2.45) is 11.3 Å². The van der Waals surface area contributed by atoms with Gasteiger partial charge in [0.05, 0.1) is 17.5 Å². The van der Waals surface area contributed by atoms with Gasteiger partial charge in [0.2, 0.25) is 0 Å². The Morgan fingerprint density at radius 3 is 2.68 bits per heavy atom. The molecule has 0 radical (unpaired) electrons. The van der Waals surface area contributed by atoms with Crippen LogP contribution < -0.4 is 5.32 Å². The van der Waals surface area contributed by atoms with Gasteiger partial charge in [-0.15, -0.1) is 0 Å². The van der Waals surface area contributed by atoms with E-state index in [1.165, 1.54) is 0 Å². The van der Waals surface area contributed by atoms with Crippen molar-refractivity contribution in [1.82, 2.24) is 20.5 Å². The van der Waals surface area contributed by atoms with Crippen molar-refractivity contribution in [3.8, 4) is 11.3 Å². The highest BCUT2D eigenvalue weighted by atomic mass is 16.3. The van der Waals surface area contributed by atoms with Crippen molar-refractivity contribution in [3.63, 3.8) is 0 Å². The number of nitrogens with one attached hydrogen (secondary N) is 2. The van der Waals surface area contributed by atoms with E-state index in [1.54, 1.807) is 6.20 Å². The molecule has 0 unspecified atom stereocenters. The van der Waals surface area contributed by atoms with Gasteiger partial charge in [-0.2, -0.15) is 5.10 Å². The summed E-state index contributed by atoms with van der Waals surface area (Å²) in [5.41, 5.74) is 2.87. The number of aliphatic hydroxyl groups is 1. The normalized spacial score (nSPS) is 24.4. The molecule has 2 aromatic heterocycles. The fourth-order valence-electron chi connectivity index (χ4n) is 3.83. The second kappa shape index (κ2) is 7.26. The molecule has 0 spiro atoms. The van der Waals surface area contributed by atoms with Crippen molar-refractivity contribution < 1.29 is 5.11 Å². The average molecular weight is 342 g/mol. The van der Waals surface area contributed by atoms with E-state index in [0.29, 0.717) is 24.4 Å². The largest absolute Gasteiger partial charge is 0.389 e. The Hall–Kier alpha value is -1.72. The minimum absolute atomic E-state index is 0.337. The summed E-state index contributed by atoms with van der Waals surface area (Å²) in [5.74, 6) is 0.707. The zero-order chi connectivity index (χ0) is 17.9. The lowest BCUT2D eigenvalue weighted by molar-refractivity contribution is -0.0239. The van der Waals surface area contributed by atoms with Crippen LogP contribution in [0.4, 0.5) is 0 Å². The summed E-state index contributed by atoms with van der Waals surface area (Å²) in [6.07, 6.45) is 9.41. The fourth-order valence-corrected chi connectivity index (χ4v) is 3.83.